The molecule has 9 heteroatoms. The molecular weight excluding hydrogens is 483 g/mol. The summed E-state index contributed by atoms with van der Waals surface area (Å²) in [5, 5.41) is 5.40. The van der Waals surface area contributed by atoms with Crippen molar-refractivity contribution in [3.05, 3.63) is 115 Å². The Hall–Kier alpha value is -4.92. The molecule has 2 atom stereocenters. The molecule has 1 aliphatic rings. The minimum atomic E-state index is -0.601. The number of rotatable bonds is 4. The number of anilines is 1. The molecular formula is C29H25FN6O2. The maximum atomic E-state index is 13.2. The van der Waals surface area contributed by atoms with Gasteiger partial charge in [-0.15, -0.1) is 0 Å². The van der Waals surface area contributed by atoms with Crippen LogP contribution in [0.2, 0.25) is 0 Å². The fraction of sp³-hybridized carbons (Fsp3) is 0.138. The lowest BCUT2D eigenvalue weighted by atomic mass is 10.0. The van der Waals surface area contributed by atoms with E-state index in [1.54, 1.807) is 29.1 Å². The second kappa shape index (κ2) is 10.6. The fourth-order valence-electron chi connectivity index (χ4n) is 4.58. The summed E-state index contributed by atoms with van der Waals surface area (Å²) in [6.45, 7) is 1.99. The van der Waals surface area contributed by atoms with Crippen LogP contribution in [0.15, 0.2) is 97.5 Å². The Labute approximate surface area is 218 Å². The van der Waals surface area contributed by atoms with Gasteiger partial charge in [-0.2, -0.15) is 5.10 Å². The molecule has 2 amide bonds. The van der Waals surface area contributed by atoms with Crippen molar-refractivity contribution in [3.63, 3.8) is 0 Å². The van der Waals surface area contributed by atoms with Crippen molar-refractivity contribution < 1.29 is 14.0 Å². The molecule has 38 heavy (non-hydrogen) atoms. The van der Waals surface area contributed by atoms with Gasteiger partial charge in [-0.3, -0.25) is 9.59 Å². The van der Waals surface area contributed by atoms with Crippen molar-refractivity contribution in [2.75, 3.05) is 4.90 Å². The highest BCUT2D eigenvalue weighted by Crippen LogP contribution is 2.40. The van der Waals surface area contributed by atoms with Crippen LogP contribution >= 0.6 is 0 Å². The van der Waals surface area contributed by atoms with Gasteiger partial charge < -0.3 is 10.6 Å². The molecule has 5 aromatic rings. The number of nitrogens with two attached hydrogens (primary N) is 1. The molecule has 3 aromatic carbocycles. The largest absolute Gasteiger partial charge is 0.363 e. The molecule has 6 rings (SSSR count). The van der Waals surface area contributed by atoms with E-state index >= 15 is 0 Å². The van der Waals surface area contributed by atoms with Crippen LogP contribution in [0.4, 0.5) is 10.1 Å². The Kier molecular flexibility index (Phi) is 6.90. The average molecular weight is 509 g/mol. The normalized spacial score (nSPS) is 16.8. The number of halogens is 1. The molecule has 1 fully saturated rings. The van der Waals surface area contributed by atoms with Gasteiger partial charge in [0.05, 0.1) is 23.4 Å². The van der Waals surface area contributed by atoms with Gasteiger partial charge in [-0.05, 0) is 60.5 Å². The fourth-order valence-corrected chi connectivity index (χ4v) is 4.58. The van der Waals surface area contributed by atoms with E-state index in [0.29, 0.717) is 0 Å². The minimum absolute atomic E-state index is 0.0159. The number of nitrogens with zero attached hydrogens (tertiary/aromatic N) is 5. The van der Waals surface area contributed by atoms with Crippen LogP contribution in [0.5, 0.6) is 0 Å². The van der Waals surface area contributed by atoms with E-state index in [4.69, 9.17) is 5.73 Å². The highest BCUT2D eigenvalue weighted by atomic mass is 19.1. The van der Waals surface area contributed by atoms with Crippen molar-refractivity contribution in [2.45, 2.75) is 19.4 Å². The van der Waals surface area contributed by atoms with Crippen LogP contribution in [0.1, 0.15) is 35.6 Å². The van der Waals surface area contributed by atoms with Crippen molar-refractivity contribution in [2.24, 2.45) is 11.7 Å². The molecule has 1 aliphatic heterocycles. The predicted molar refractivity (Wildman–Crippen MR) is 142 cm³/mol. The van der Waals surface area contributed by atoms with Gasteiger partial charge in [0.2, 0.25) is 11.7 Å². The molecule has 2 N–H and O–H groups in total. The van der Waals surface area contributed by atoms with Crippen molar-refractivity contribution >= 4 is 28.4 Å². The number of hydrogen-bond acceptors (Lipinski definition) is 5. The number of carbonyl (C=O) groups is 2. The second-order valence-electron chi connectivity index (χ2n) is 8.98. The smallest absolute Gasteiger partial charge is 0.286 e. The third-order valence-electron chi connectivity index (χ3n) is 6.42. The number of benzene rings is 3. The van der Waals surface area contributed by atoms with Crippen LogP contribution in [0.3, 0.4) is 0 Å². The first-order chi connectivity index (χ1) is 18.4. The first-order valence-electron chi connectivity index (χ1n) is 12.1. The van der Waals surface area contributed by atoms with Crippen LogP contribution in [0.25, 0.3) is 16.6 Å². The Morgan fingerprint density at radius 1 is 0.947 bits per heavy atom. The van der Waals surface area contributed by atoms with Crippen molar-refractivity contribution in [1.82, 2.24) is 19.7 Å². The SMILES string of the molecule is C[C@H]1C[C@@H](c2ccccc2)N(c2ccc3c(cnn3-c3ccc(F)cc3)c2)C1=O.NC(=O)c1ncccn1. The lowest BCUT2D eigenvalue weighted by Gasteiger charge is -2.25. The average Bonchev–Trinajstić information content (AvgIpc) is 3.50. The highest BCUT2D eigenvalue weighted by Gasteiger charge is 2.38. The zero-order valence-electron chi connectivity index (χ0n) is 20.6. The zero-order chi connectivity index (χ0) is 26.6. The standard InChI is InChI=1S/C24H20FN3O.C5H5N3O/c1-16-13-23(17-5-3-2-4-6-17)27(24(16)29)21-11-12-22-18(14-21)15-26-28(22)20-9-7-19(25)8-10-20;6-4(9)5-7-2-1-3-8-5/h2-12,14-16,23H,13H2,1H3;1-3H,(H2,6,9)/t16-,23-;/m0./s1. The van der Waals surface area contributed by atoms with Crippen LogP contribution in [-0.2, 0) is 4.79 Å². The van der Waals surface area contributed by atoms with Gasteiger partial charge in [0, 0.05) is 29.4 Å². The molecule has 0 unspecified atom stereocenters. The second-order valence-corrected chi connectivity index (χ2v) is 8.98. The maximum Gasteiger partial charge on any atom is 0.286 e. The van der Waals surface area contributed by atoms with Gasteiger partial charge in [-0.1, -0.05) is 37.3 Å². The number of primary amides is 1. The maximum absolute atomic E-state index is 13.2. The molecule has 0 radical (unpaired) electrons. The lowest BCUT2D eigenvalue weighted by Crippen LogP contribution is -2.28. The van der Waals surface area contributed by atoms with E-state index < -0.39 is 5.91 Å². The van der Waals surface area contributed by atoms with E-state index in [2.05, 4.69) is 27.2 Å². The Bertz CT molecular complexity index is 1570. The van der Waals surface area contributed by atoms with Gasteiger partial charge >= 0.3 is 0 Å². The molecule has 8 nitrogen and oxygen atoms in total. The molecule has 0 saturated carbocycles. The number of fused-ring (bicyclic) bond motifs is 1. The van der Waals surface area contributed by atoms with Crippen molar-refractivity contribution in [3.8, 4) is 5.69 Å². The van der Waals surface area contributed by atoms with E-state index in [0.717, 1.165) is 34.3 Å². The van der Waals surface area contributed by atoms with E-state index in [-0.39, 0.29) is 29.5 Å². The van der Waals surface area contributed by atoms with E-state index in [1.165, 1.54) is 24.5 Å². The van der Waals surface area contributed by atoms with Gasteiger partial charge in [-0.25, -0.2) is 19.0 Å². The minimum Gasteiger partial charge on any atom is -0.363 e. The molecule has 3 heterocycles. The van der Waals surface area contributed by atoms with Gasteiger partial charge in [0.25, 0.3) is 5.91 Å². The summed E-state index contributed by atoms with van der Waals surface area (Å²) in [4.78, 5) is 32.3. The first kappa shape index (κ1) is 24.8. The highest BCUT2D eigenvalue weighted by molar-refractivity contribution is 6.00. The summed E-state index contributed by atoms with van der Waals surface area (Å²) in [6.07, 6.45) is 5.51. The number of carbonyl (C=O) groups excluding carboxylic acids is 2. The first-order valence-corrected chi connectivity index (χ1v) is 12.1. The molecule has 0 spiro atoms. The molecule has 0 aliphatic carbocycles. The van der Waals surface area contributed by atoms with E-state index in [9.17, 15) is 14.0 Å². The topological polar surface area (TPSA) is 107 Å². The Morgan fingerprint density at radius 3 is 2.29 bits per heavy atom. The third kappa shape index (κ3) is 4.99. The van der Waals surface area contributed by atoms with Crippen molar-refractivity contribution in [1.29, 1.82) is 0 Å². The summed E-state index contributed by atoms with van der Waals surface area (Å²) in [7, 11) is 0. The lowest BCUT2D eigenvalue weighted by molar-refractivity contribution is -0.120. The molecule has 190 valence electrons. The summed E-state index contributed by atoms with van der Waals surface area (Å²) >= 11 is 0. The van der Waals surface area contributed by atoms with Crippen LogP contribution < -0.4 is 10.6 Å². The molecule has 2 aromatic heterocycles. The summed E-state index contributed by atoms with van der Waals surface area (Å²) in [5.74, 6) is -0.698. The number of amides is 2. The number of hydrogen-bond donors (Lipinski definition) is 1. The monoisotopic (exact) mass is 508 g/mol. The zero-order valence-corrected chi connectivity index (χ0v) is 20.6. The summed E-state index contributed by atoms with van der Waals surface area (Å²) in [6, 6.07) is 24.0. The van der Waals surface area contributed by atoms with Crippen LogP contribution in [-0.4, -0.2) is 31.6 Å². The Balaban J connectivity index is 0.000000278. The van der Waals surface area contributed by atoms with Gasteiger partial charge in [0.1, 0.15) is 5.82 Å². The van der Waals surface area contributed by atoms with Gasteiger partial charge in [0.15, 0.2) is 0 Å². The predicted octanol–water partition coefficient (Wildman–Crippen LogP) is 4.85. The number of aromatic nitrogens is 4. The van der Waals surface area contributed by atoms with E-state index in [1.807, 2.05) is 48.2 Å². The quantitative estimate of drug-likeness (QED) is 0.373. The molecule has 0 bridgehead atoms. The van der Waals surface area contributed by atoms with Crippen LogP contribution in [0, 0.1) is 11.7 Å². The summed E-state index contributed by atoms with van der Waals surface area (Å²) < 4.78 is 15.0. The third-order valence-corrected chi connectivity index (χ3v) is 6.42. The Morgan fingerprint density at radius 2 is 1.63 bits per heavy atom. The summed E-state index contributed by atoms with van der Waals surface area (Å²) in [5.41, 5.74) is 8.58. The molecule has 1 saturated heterocycles.